The molecule has 1 fully saturated rings. The molecule has 2 amide bonds. The van der Waals surface area contributed by atoms with E-state index in [1.54, 1.807) is 12.1 Å². The van der Waals surface area contributed by atoms with Crippen LogP contribution in [0.2, 0.25) is 0 Å². The van der Waals surface area contributed by atoms with Crippen LogP contribution in [0.1, 0.15) is 69.4 Å². The molecule has 0 radical (unpaired) electrons. The van der Waals surface area contributed by atoms with Crippen molar-refractivity contribution in [2.75, 3.05) is 6.54 Å². The van der Waals surface area contributed by atoms with Gasteiger partial charge < -0.3 is 15.0 Å². The lowest BCUT2D eigenvalue weighted by molar-refractivity contribution is -0.150. The topological polar surface area (TPSA) is 110 Å². The van der Waals surface area contributed by atoms with Crippen molar-refractivity contribution >= 4 is 28.1 Å². The average Bonchev–Trinajstić information content (AvgIpc) is 2.98. The Morgan fingerprint density at radius 2 is 1.50 bits per heavy atom. The normalized spacial score (nSPS) is 18.9. The molecule has 0 bridgehead atoms. The summed E-state index contributed by atoms with van der Waals surface area (Å²) in [5.74, 6) is -1.04. The maximum atomic E-state index is 13.9. The molecule has 1 heterocycles. The highest BCUT2D eigenvalue weighted by Crippen LogP contribution is 2.34. The van der Waals surface area contributed by atoms with Crippen LogP contribution in [0.3, 0.4) is 0 Å². The minimum atomic E-state index is -3.77. The van der Waals surface area contributed by atoms with Crippen LogP contribution >= 0.6 is 0 Å². The number of esters is 1. The van der Waals surface area contributed by atoms with Gasteiger partial charge in [0.2, 0.25) is 12.3 Å². The van der Waals surface area contributed by atoms with Gasteiger partial charge in [0.15, 0.2) is 15.9 Å². The number of amides is 2. The minimum Gasteiger partial charge on any atom is -0.455 e. The number of likely N-dealkylation sites (tertiary alicyclic amines) is 1. The van der Waals surface area contributed by atoms with Gasteiger partial charge in [-0.1, -0.05) is 93.6 Å². The zero-order chi connectivity index (χ0) is 30.5. The number of nitrogens with zero attached hydrogens (tertiary/aromatic N) is 1. The lowest BCUT2D eigenvalue weighted by Gasteiger charge is -2.37. The maximum absolute atomic E-state index is 13.9. The van der Waals surface area contributed by atoms with Gasteiger partial charge in [0.25, 0.3) is 0 Å². The highest BCUT2D eigenvalue weighted by atomic mass is 32.2. The number of ether oxygens (including phenoxy) is 1. The first-order valence-corrected chi connectivity index (χ1v) is 15.6. The number of carbonyl (C=O) groups is 3. The Balaban J connectivity index is 1.63. The Morgan fingerprint density at radius 3 is 2.02 bits per heavy atom. The van der Waals surface area contributed by atoms with E-state index in [1.807, 2.05) is 72.8 Å². The first-order chi connectivity index (χ1) is 19.9. The summed E-state index contributed by atoms with van der Waals surface area (Å²) in [6.07, 6.45) is -0.111. The maximum Gasteiger partial charge on any atom is 0.303 e. The fourth-order valence-electron chi connectivity index (χ4n) is 5.35. The number of benzene rings is 3. The molecule has 1 aliphatic rings. The quantitative estimate of drug-likeness (QED) is 0.280. The first-order valence-electron chi connectivity index (χ1n) is 14.0. The number of hydrogen-bond acceptors (Lipinski definition) is 6. The van der Waals surface area contributed by atoms with Gasteiger partial charge in [-0.15, -0.1) is 0 Å². The van der Waals surface area contributed by atoms with Crippen molar-refractivity contribution in [2.24, 2.45) is 0 Å². The van der Waals surface area contributed by atoms with Crippen LogP contribution in [-0.2, 0) is 34.4 Å². The number of piperidine rings is 1. The third kappa shape index (κ3) is 7.07. The molecule has 0 saturated carbocycles. The molecule has 1 unspecified atom stereocenters. The summed E-state index contributed by atoms with van der Waals surface area (Å²) in [6, 6.07) is 23.2. The molecule has 4 atom stereocenters. The molecular weight excluding hydrogens is 552 g/mol. The van der Waals surface area contributed by atoms with Crippen molar-refractivity contribution in [3.63, 3.8) is 0 Å². The first kappa shape index (κ1) is 31.0. The zero-order valence-electron chi connectivity index (χ0n) is 24.4. The predicted octanol–water partition coefficient (Wildman–Crippen LogP) is 4.91. The average molecular weight is 591 g/mol. The second-order valence-electron chi connectivity index (χ2n) is 11.7. The molecular formula is C33H38N2O6S. The summed E-state index contributed by atoms with van der Waals surface area (Å²) in [6.45, 7) is 7.59. The standard InChI is InChI=1S/C33H38N2O6S/c1-23(37)41-31(25-13-9-6-10-14-25)30(24-11-7-5-8-12-24)34-32(38)29-21-28(19-20-35(29)22-36)42(39,40)27-17-15-26(16-18-27)33(2,3)4/h5-18,22,28-31H,19-21H2,1-4H3,(H,34,38)/t28?,29-,30-,31+/m0/s1. The van der Waals surface area contributed by atoms with Gasteiger partial charge in [-0.25, -0.2) is 8.42 Å². The van der Waals surface area contributed by atoms with E-state index in [2.05, 4.69) is 26.1 Å². The molecule has 9 heteroatoms. The van der Waals surface area contributed by atoms with E-state index in [9.17, 15) is 22.8 Å². The zero-order valence-corrected chi connectivity index (χ0v) is 25.2. The van der Waals surface area contributed by atoms with Crippen LogP contribution in [0.5, 0.6) is 0 Å². The van der Waals surface area contributed by atoms with Gasteiger partial charge in [0, 0.05) is 13.5 Å². The highest BCUT2D eigenvalue weighted by Gasteiger charge is 2.41. The van der Waals surface area contributed by atoms with Gasteiger partial charge in [0.05, 0.1) is 16.2 Å². The minimum absolute atomic E-state index is 0.0565. The fraction of sp³-hybridized carbons (Fsp3) is 0.364. The molecule has 1 aliphatic heterocycles. The fourth-order valence-corrected chi connectivity index (χ4v) is 7.10. The van der Waals surface area contributed by atoms with E-state index in [1.165, 1.54) is 11.8 Å². The monoisotopic (exact) mass is 590 g/mol. The summed E-state index contributed by atoms with van der Waals surface area (Å²) in [5, 5.41) is 2.15. The Bertz CT molecular complexity index is 1490. The third-order valence-electron chi connectivity index (χ3n) is 7.70. The molecule has 1 N–H and O–H groups in total. The predicted molar refractivity (Wildman–Crippen MR) is 160 cm³/mol. The molecule has 3 aromatic carbocycles. The molecule has 4 rings (SSSR count). The number of nitrogens with one attached hydrogen (secondary N) is 1. The molecule has 0 aromatic heterocycles. The van der Waals surface area contributed by atoms with Crippen LogP contribution in [0.15, 0.2) is 89.8 Å². The summed E-state index contributed by atoms with van der Waals surface area (Å²) >= 11 is 0. The Labute approximate surface area is 248 Å². The van der Waals surface area contributed by atoms with Crippen LogP contribution < -0.4 is 5.32 Å². The van der Waals surface area contributed by atoms with E-state index in [4.69, 9.17) is 4.74 Å². The molecule has 222 valence electrons. The van der Waals surface area contributed by atoms with E-state index in [-0.39, 0.29) is 29.7 Å². The largest absolute Gasteiger partial charge is 0.455 e. The Hall–Kier alpha value is -3.98. The number of rotatable bonds is 9. The van der Waals surface area contributed by atoms with Crippen LogP contribution in [0.25, 0.3) is 0 Å². The smallest absolute Gasteiger partial charge is 0.303 e. The molecule has 0 spiro atoms. The SMILES string of the molecule is CC(=O)O[C@H](c1ccccc1)[C@@H](NC(=O)[C@@H]1CC(S(=O)(=O)c2ccc(C(C)(C)C)cc2)CCN1C=O)c1ccccc1. The van der Waals surface area contributed by atoms with Crippen LogP contribution in [0, 0.1) is 0 Å². The van der Waals surface area contributed by atoms with Gasteiger partial charge in [-0.3, -0.25) is 14.4 Å². The lowest BCUT2D eigenvalue weighted by Crippen LogP contribution is -2.54. The summed E-state index contributed by atoms with van der Waals surface area (Å²) in [7, 11) is -3.77. The van der Waals surface area contributed by atoms with Crippen molar-refractivity contribution in [3.05, 3.63) is 102 Å². The summed E-state index contributed by atoms with van der Waals surface area (Å²) in [5.41, 5.74) is 2.26. The number of hydrogen-bond donors (Lipinski definition) is 1. The van der Waals surface area contributed by atoms with Crippen LogP contribution in [-0.4, -0.2) is 49.4 Å². The Morgan fingerprint density at radius 1 is 0.929 bits per heavy atom. The number of sulfone groups is 1. The second kappa shape index (κ2) is 12.9. The summed E-state index contributed by atoms with van der Waals surface area (Å²) < 4.78 is 33.1. The Kier molecular flexibility index (Phi) is 9.51. The van der Waals surface area contributed by atoms with Gasteiger partial charge in [-0.2, -0.15) is 0 Å². The molecule has 3 aromatic rings. The van der Waals surface area contributed by atoms with Crippen molar-refractivity contribution in [3.8, 4) is 0 Å². The highest BCUT2D eigenvalue weighted by molar-refractivity contribution is 7.92. The van der Waals surface area contributed by atoms with Crippen molar-refractivity contribution in [1.29, 1.82) is 0 Å². The lowest BCUT2D eigenvalue weighted by atomic mass is 9.87. The summed E-state index contributed by atoms with van der Waals surface area (Å²) in [4.78, 5) is 39.6. The molecule has 0 aliphatic carbocycles. The van der Waals surface area contributed by atoms with Crippen molar-refractivity contribution in [2.45, 2.75) is 74.3 Å². The van der Waals surface area contributed by atoms with E-state index < -0.39 is 45.2 Å². The van der Waals surface area contributed by atoms with E-state index in [0.717, 1.165) is 5.56 Å². The van der Waals surface area contributed by atoms with Gasteiger partial charge in [0.1, 0.15) is 6.04 Å². The van der Waals surface area contributed by atoms with Gasteiger partial charge in [-0.05, 0) is 47.1 Å². The third-order valence-corrected chi connectivity index (χ3v) is 9.94. The molecule has 42 heavy (non-hydrogen) atoms. The van der Waals surface area contributed by atoms with Gasteiger partial charge >= 0.3 is 5.97 Å². The molecule has 1 saturated heterocycles. The van der Waals surface area contributed by atoms with Crippen LogP contribution in [0.4, 0.5) is 0 Å². The van der Waals surface area contributed by atoms with E-state index >= 15 is 0 Å². The van der Waals surface area contributed by atoms with E-state index in [0.29, 0.717) is 17.5 Å². The van der Waals surface area contributed by atoms with Crippen molar-refractivity contribution in [1.82, 2.24) is 10.2 Å². The second-order valence-corrected chi connectivity index (χ2v) is 13.9. The van der Waals surface area contributed by atoms with Crippen molar-refractivity contribution < 1.29 is 27.5 Å². The molecule has 8 nitrogen and oxygen atoms in total. The number of carbonyl (C=O) groups excluding carboxylic acids is 3.